The van der Waals surface area contributed by atoms with E-state index in [1.165, 1.54) is 11.8 Å². The van der Waals surface area contributed by atoms with E-state index in [1.807, 2.05) is 30.3 Å². The first-order chi connectivity index (χ1) is 14.7. The minimum Gasteiger partial charge on any atom is -0.353 e. The smallest absolute Gasteiger partial charge is 0.217 e. The standard InChI is InChI=1S/C23H22N5OS/c1-15-13-28(10-9-26-15)22-18(11-24)21(17-7-8-17)19(12-25)23(27-22)30-20(14-29)16-5-3-2-4-6-16/h2-6,15,17,20,26H,7-10,13H2,1H3. The maximum Gasteiger partial charge on any atom is 0.217 e. The molecule has 1 aromatic carbocycles. The maximum absolute atomic E-state index is 11.8. The fourth-order valence-electron chi connectivity index (χ4n) is 3.91. The Kier molecular flexibility index (Phi) is 6.03. The van der Waals surface area contributed by atoms with Gasteiger partial charge in [-0.2, -0.15) is 10.5 Å². The lowest BCUT2D eigenvalue weighted by Gasteiger charge is -2.34. The number of hydrogen-bond donors (Lipinski definition) is 1. The largest absolute Gasteiger partial charge is 0.353 e. The van der Waals surface area contributed by atoms with Gasteiger partial charge in [0.05, 0.1) is 11.1 Å². The van der Waals surface area contributed by atoms with Crippen LogP contribution in [0.3, 0.4) is 0 Å². The molecule has 1 aliphatic heterocycles. The van der Waals surface area contributed by atoms with Gasteiger partial charge in [-0.3, -0.25) is 4.79 Å². The third-order valence-electron chi connectivity index (χ3n) is 5.50. The molecule has 2 aromatic rings. The van der Waals surface area contributed by atoms with E-state index in [9.17, 15) is 15.3 Å². The predicted molar refractivity (Wildman–Crippen MR) is 116 cm³/mol. The first-order valence-corrected chi connectivity index (χ1v) is 11.0. The second kappa shape index (κ2) is 8.87. The lowest BCUT2D eigenvalue weighted by atomic mass is 9.99. The van der Waals surface area contributed by atoms with E-state index in [0.717, 1.165) is 43.6 Å². The molecule has 2 atom stereocenters. The van der Waals surface area contributed by atoms with Gasteiger partial charge >= 0.3 is 0 Å². The Labute approximate surface area is 180 Å². The van der Waals surface area contributed by atoms with Crippen LogP contribution in [0.25, 0.3) is 0 Å². The van der Waals surface area contributed by atoms with Crippen LogP contribution in [0.15, 0.2) is 35.4 Å². The molecule has 1 saturated heterocycles. The van der Waals surface area contributed by atoms with Gasteiger partial charge in [-0.1, -0.05) is 42.1 Å². The number of piperazine rings is 1. The molecule has 30 heavy (non-hydrogen) atoms. The van der Waals surface area contributed by atoms with Gasteiger partial charge in [0.1, 0.15) is 28.2 Å². The van der Waals surface area contributed by atoms with E-state index < -0.39 is 5.25 Å². The summed E-state index contributed by atoms with van der Waals surface area (Å²) in [7, 11) is 0. The van der Waals surface area contributed by atoms with Gasteiger partial charge in [0, 0.05) is 25.7 Å². The summed E-state index contributed by atoms with van der Waals surface area (Å²) < 4.78 is 0. The van der Waals surface area contributed by atoms with Crippen molar-refractivity contribution < 1.29 is 4.79 Å². The number of nitrogens with one attached hydrogen (secondary N) is 1. The van der Waals surface area contributed by atoms with Crippen molar-refractivity contribution in [1.82, 2.24) is 10.3 Å². The molecule has 151 valence electrons. The molecule has 2 heterocycles. The number of pyridine rings is 1. The Hall–Kier alpha value is -2.87. The van der Waals surface area contributed by atoms with Gasteiger partial charge in [-0.25, -0.2) is 4.98 Å². The molecule has 2 unspecified atom stereocenters. The highest BCUT2D eigenvalue weighted by atomic mass is 32.2. The van der Waals surface area contributed by atoms with Crippen LogP contribution in [0.5, 0.6) is 0 Å². The molecule has 0 spiro atoms. The average Bonchev–Trinajstić information content (AvgIpc) is 3.62. The molecule has 1 saturated carbocycles. The van der Waals surface area contributed by atoms with Crippen molar-refractivity contribution >= 4 is 23.9 Å². The highest BCUT2D eigenvalue weighted by molar-refractivity contribution is 8.00. The zero-order chi connectivity index (χ0) is 21.1. The normalized spacial score (nSPS) is 19.6. The maximum atomic E-state index is 11.8. The van der Waals surface area contributed by atoms with Gasteiger partial charge < -0.3 is 10.2 Å². The van der Waals surface area contributed by atoms with E-state index in [4.69, 9.17) is 4.98 Å². The van der Waals surface area contributed by atoms with Crippen LogP contribution in [0, 0.1) is 22.7 Å². The van der Waals surface area contributed by atoms with E-state index >= 15 is 0 Å². The fraction of sp³-hybridized carbons (Fsp3) is 0.391. The summed E-state index contributed by atoms with van der Waals surface area (Å²) in [5, 5.41) is 23.3. The number of benzene rings is 1. The molecule has 0 amide bonds. The zero-order valence-electron chi connectivity index (χ0n) is 16.8. The molecule has 1 radical (unpaired) electrons. The molecule has 1 aromatic heterocycles. The van der Waals surface area contributed by atoms with Crippen molar-refractivity contribution in [3.8, 4) is 12.1 Å². The summed E-state index contributed by atoms with van der Waals surface area (Å²) >= 11 is 1.24. The van der Waals surface area contributed by atoms with E-state index in [-0.39, 0.29) is 12.0 Å². The summed E-state index contributed by atoms with van der Waals surface area (Å²) in [5.74, 6) is 0.845. The van der Waals surface area contributed by atoms with Crippen LogP contribution >= 0.6 is 11.8 Å². The Morgan fingerprint density at radius 1 is 1.20 bits per heavy atom. The Bertz CT molecular complexity index is 1020. The van der Waals surface area contributed by atoms with Crippen LogP contribution in [0.2, 0.25) is 0 Å². The molecule has 6 nitrogen and oxygen atoms in total. The topological polar surface area (TPSA) is 92.8 Å². The third kappa shape index (κ3) is 4.05. The average molecular weight is 417 g/mol. The van der Waals surface area contributed by atoms with Crippen molar-refractivity contribution in [1.29, 1.82) is 10.5 Å². The predicted octanol–water partition coefficient (Wildman–Crippen LogP) is 3.44. The molecule has 7 heteroatoms. The summed E-state index contributed by atoms with van der Waals surface area (Å²) in [6.45, 7) is 4.40. The molecular weight excluding hydrogens is 394 g/mol. The molecule has 1 N–H and O–H groups in total. The van der Waals surface area contributed by atoms with Gasteiger partial charge in [-0.05, 0) is 36.8 Å². The van der Waals surface area contributed by atoms with Crippen molar-refractivity contribution in [3.05, 3.63) is 52.6 Å². The molecule has 1 aliphatic carbocycles. The number of rotatable bonds is 6. The van der Waals surface area contributed by atoms with Gasteiger partial charge in [-0.15, -0.1) is 0 Å². The second-order valence-corrected chi connectivity index (χ2v) is 8.82. The van der Waals surface area contributed by atoms with Crippen LogP contribution < -0.4 is 10.2 Å². The number of nitrogens with zero attached hydrogens (tertiary/aromatic N) is 4. The van der Waals surface area contributed by atoms with E-state index in [2.05, 4.69) is 35.6 Å². The minimum atomic E-state index is -0.583. The molecular formula is C23H22N5OS. The van der Waals surface area contributed by atoms with Crippen molar-refractivity contribution in [2.45, 2.75) is 42.0 Å². The Morgan fingerprint density at radius 3 is 2.53 bits per heavy atom. The monoisotopic (exact) mass is 416 g/mol. The summed E-state index contributed by atoms with van der Waals surface area (Å²) in [6.07, 6.45) is 4.03. The molecule has 4 rings (SSSR count). The van der Waals surface area contributed by atoms with Crippen molar-refractivity contribution in [3.63, 3.8) is 0 Å². The minimum absolute atomic E-state index is 0.214. The molecule has 2 fully saturated rings. The van der Waals surface area contributed by atoms with E-state index in [0.29, 0.717) is 22.0 Å². The van der Waals surface area contributed by atoms with Crippen LogP contribution in [-0.2, 0) is 4.79 Å². The number of aromatic nitrogens is 1. The molecule has 0 bridgehead atoms. The summed E-state index contributed by atoms with van der Waals surface area (Å²) in [4.78, 5) is 18.7. The first-order valence-electron chi connectivity index (χ1n) is 10.1. The second-order valence-electron chi connectivity index (χ2n) is 7.73. The summed E-state index contributed by atoms with van der Waals surface area (Å²) in [6, 6.07) is 14.3. The fourth-order valence-corrected chi connectivity index (χ4v) is 4.88. The van der Waals surface area contributed by atoms with Crippen LogP contribution in [0.4, 0.5) is 5.82 Å². The quantitative estimate of drug-likeness (QED) is 0.721. The first kappa shape index (κ1) is 20.4. The van der Waals surface area contributed by atoms with Crippen molar-refractivity contribution in [2.75, 3.05) is 24.5 Å². The van der Waals surface area contributed by atoms with Gasteiger partial charge in [0.25, 0.3) is 0 Å². The molecule has 2 aliphatic rings. The zero-order valence-corrected chi connectivity index (χ0v) is 17.6. The highest BCUT2D eigenvalue weighted by Gasteiger charge is 2.35. The van der Waals surface area contributed by atoms with Gasteiger partial charge in [0.2, 0.25) is 6.29 Å². The SMILES string of the molecule is CC1CN(c2nc(SC([C]=O)c3ccccc3)c(C#N)c(C3CC3)c2C#N)CCN1. The third-order valence-corrected chi connectivity index (χ3v) is 6.62. The van der Waals surface area contributed by atoms with Crippen LogP contribution in [0.1, 0.15) is 53.2 Å². The summed E-state index contributed by atoms with van der Waals surface area (Å²) in [5.41, 5.74) is 2.57. The number of thioether (sulfide) groups is 1. The van der Waals surface area contributed by atoms with Crippen molar-refractivity contribution in [2.24, 2.45) is 0 Å². The Morgan fingerprint density at radius 2 is 1.93 bits per heavy atom. The lowest BCUT2D eigenvalue weighted by molar-refractivity contribution is 0.481. The number of hydrogen-bond acceptors (Lipinski definition) is 7. The number of anilines is 1. The van der Waals surface area contributed by atoms with E-state index in [1.54, 1.807) is 0 Å². The lowest BCUT2D eigenvalue weighted by Crippen LogP contribution is -2.49. The number of nitriles is 2. The Balaban J connectivity index is 1.82. The van der Waals surface area contributed by atoms with Crippen LogP contribution in [-0.4, -0.2) is 36.9 Å². The number of carbonyl (C=O) groups excluding carboxylic acids is 1. The van der Waals surface area contributed by atoms with Gasteiger partial charge in [0.15, 0.2) is 0 Å². The highest BCUT2D eigenvalue weighted by Crippen LogP contribution is 2.48.